The van der Waals surface area contributed by atoms with Gasteiger partial charge in [-0.15, -0.1) is 0 Å². The van der Waals surface area contributed by atoms with Crippen LogP contribution in [-0.2, 0) is 22.6 Å². The average molecular weight is 342 g/mol. The molecular weight excluding hydrogens is 319 g/mol. The molecule has 0 heterocycles. The molecule has 2 amide bonds. The van der Waals surface area contributed by atoms with Crippen LogP contribution in [0, 0.1) is 11.7 Å². The molecule has 2 aromatic carbocycles. The van der Waals surface area contributed by atoms with Crippen LogP contribution in [-0.4, -0.2) is 11.8 Å². The molecule has 132 valence electrons. The topological polar surface area (TPSA) is 58.2 Å². The number of amides is 2. The monoisotopic (exact) mass is 342 g/mol. The zero-order valence-corrected chi connectivity index (χ0v) is 14.5. The smallest absolute Gasteiger partial charge is 0.226 e. The van der Waals surface area contributed by atoms with E-state index in [4.69, 9.17) is 0 Å². The van der Waals surface area contributed by atoms with Crippen molar-refractivity contribution in [3.05, 3.63) is 65.5 Å². The molecule has 0 fully saturated rings. The van der Waals surface area contributed by atoms with E-state index >= 15 is 0 Å². The van der Waals surface area contributed by atoms with E-state index < -0.39 is 0 Å². The van der Waals surface area contributed by atoms with Crippen molar-refractivity contribution >= 4 is 17.5 Å². The van der Waals surface area contributed by atoms with Crippen LogP contribution in [0.1, 0.15) is 31.4 Å². The van der Waals surface area contributed by atoms with E-state index in [1.807, 2.05) is 26.0 Å². The van der Waals surface area contributed by atoms with E-state index in [1.165, 1.54) is 6.07 Å². The van der Waals surface area contributed by atoms with Crippen LogP contribution in [0.3, 0.4) is 0 Å². The second-order valence-corrected chi connectivity index (χ2v) is 6.21. The van der Waals surface area contributed by atoms with Gasteiger partial charge in [-0.25, -0.2) is 4.39 Å². The maximum atomic E-state index is 13.5. The largest absolute Gasteiger partial charge is 0.352 e. The molecular formula is C20H23FN2O2. The van der Waals surface area contributed by atoms with Gasteiger partial charge in [-0.2, -0.15) is 0 Å². The summed E-state index contributed by atoms with van der Waals surface area (Å²) in [6.07, 6.45) is 0.613. The number of hydrogen-bond donors (Lipinski definition) is 2. The molecule has 0 radical (unpaired) electrons. The molecule has 2 rings (SSSR count). The molecule has 0 saturated heterocycles. The molecule has 2 aromatic rings. The summed E-state index contributed by atoms with van der Waals surface area (Å²) in [5.74, 6) is -0.516. The molecule has 0 aliphatic carbocycles. The van der Waals surface area contributed by atoms with Crippen molar-refractivity contribution in [3.63, 3.8) is 0 Å². The zero-order valence-electron chi connectivity index (χ0n) is 14.5. The number of carbonyl (C=O) groups is 2. The Morgan fingerprint density at radius 2 is 1.72 bits per heavy atom. The van der Waals surface area contributed by atoms with Gasteiger partial charge in [-0.3, -0.25) is 9.59 Å². The summed E-state index contributed by atoms with van der Waals surface area (Å²) in [6, 6.07) is 13.8. The number of carbonyl (C=O) groups excluding carboxylic acids is 2. The molecule has 4 nitrogen and oxygen atoms in total. The third-order valence-electron chi connectivity index (χ3n) is 3.81. The Labute approximate surface area is 147 Å². The minimum atomic E-state index is -0.283. The average Bonchev–Trinajstić information content (AvgIpc) is 2.60. The Hall–Kier alpha value is -2.69. The number of benzene rings is 2. The predicted octanol–water partition coefficient (Wildman–Crippen LogP) is 3.67. The third kappa shape index (κ3) is 6.03. The normalized spacial score (nSPS) is 10.6. The first kappa shape index (κ1) is 18.6. The first-order valence-electron chi connectivity index (χ1n) is 8.35. The third-order valence-corrected chi connectivity index (χ3v) is 3.81. The van der Waals surface area contributed by atoms with Gasteiger partial charge >= 0.3 is 0 Å². The number of nitrogens with one attached hydrogen (secondary N) is 2. The van der Waals surface area contributed by atoms with Gasteiger partial charge in [-0.1, -0.05) is 44.2 Å². The second kappa shape index (κ2) is 8.97. The molecule has 5 heteroatoms. The number of aryl methyl sites for hydroxylation is 1. The molecule has 0 unspecified atom stereocenters. The zero-order chi connectivity index (χ0) is 18.2. The molecule has 0 saturated carbocycles. The van der Waals surface area contributed by atoms with E-state index in [-0.39, 0.29) is 30.0 Å². The number of halogens is 1. The summed E-state index contributed by atoms with van der Waals surface area (Å²) in [5, 5.41) is 5.63. The van der Waals surface area contributed by atoms with Crippen molar-refractivity contribution in [2.45, 2.75) is 33.2 Å². The molecule has 0 aliphatic heterocycles. The Kier molecular flexibility index (Phi) is 6.69. The molecule has 0 bridgehead atoms. The fraction of sp³-hybridized carbons (Fsp3) is 0.300. The Morgan fingerprint density at radius 1 is 1.04 bits per heavy atom. The SMILES string of the molecule is CC(C)C(=O)Nc1ccc(CNC(=O)CCc2ccccc2F)cc1. The van der Waals surface area contributed by atoms with Crippen LogP contribution in [0.25, 0.3) is 0 Å². The lowest BCUT2D eigenvalue weighted by molar-refractivity contribution is -0.121. The molecule has 0 aromatic heterocycles. The van der Waals surface area contributed by atoms with Crippen LogP contribution in [0.2, 0.25) is 0 Å². The van der Waals surface area contributed by atoms with E-state index in [1.54, 1.807) is 30.3 Å². The van der Waals surface area contributed by atoms with Gasteiger partial charge in [0, 0.05) is 24.6 Å². The number of rotatable bonds is 7. The Morgan fingerprint density at radius 3 is 2.36 bits per heavy atom. The van der Waals surface area contributed by atoms with Crippen molar-refractivity contribution in [2.24, 2.45) is 5.92 Å². The lowest BCUT2D eigenvalue weighted by Crippen LogP contribution is -2.23. The maximum Gasteiger partial charge on any atom is 0.226 e. The first-order chi connectivity index (χ1) is 12.0. The molecule has 0 aliphatic rings. The summed E-state index contributed by atoms with van der Waals surface area (Å²) in [5.41, 5.74) is 2.21. The van der Waals surface area contributed by atoms with Crippen molar-refractivity contribution < 1.29 is 14.0 Å². The summed E-state index contributed by atoms with van der Waals surface area (Å²) in [6.45, 7) is 4.07. The fourth-order valence-electron chi connectivity index (χ4n) is 2.23. The lowest BCUT2D eigenvalue weighted by Gasteiger charge is -2.09. The quantitative estimate of drug-likeness (QED) is 0.806. The second-order valence-electron chi connectivity index (χ2n) is 6.21. The van der Waals surface area contributed by atoms with Gasteiger partial charge in [0.25, 0.3) is 0 Å². The minimum Gasteiger partial charge on any atom is -0.352 e. The van der Waals surface area contributed by atoms with Crippen LogP contribution < -0.4 is 10.6 Å². The highest BCUT2D eigenvalue weighted by atomic mass is 19.1. The molecule has 25 heavy (non-hydrogen) atoms. The Bertz CT molecular complexity index is 727. The highest BCUT2D eigenvalue weighted by Crippen LogP contribution is 2.12. The summed E-state index contributed by atoms with van der Waals surface area (Å²) in [7, 11) is 0. The molecule has 0 atom stereocenters. The van der Waals surface area contributed by atoms with Crippen LogP contribution in [0.15, 0.2) is 48.5 Å². The van der Waals surface area contributed by atoms with Gasteiger partial charge in [0.05, 0.1) is 0 Å². The first-order valence-corrected chi connectivity index (χ1v) is 8.35. The van der Waals surface area contributed by atoms with Crippen molar-refractivity contribution in [1.82, 2.24) is 5.32 Å². The highest BCUT2D eigenvalue weighted by Gasteiger charge is 2.08. The minimum absolute atomic E-state index is 0.0332. The van der Waals surface area contributed by atoms with E-state index in [9.17, 15) is 14.0 Å². The van der Waals surface area contributed by atoms with Crippen molar-refractivity contribution in [2.75, 3.05) is 5.32 Å². The standard InChI is InChI=1S/C20H23FN2O2/c1-14(2)20(25)23-17-10-7-15(8-11-17)13-22-19(24)12-9-16-5-3-4-6-18(16)21/h3-8,10-11,14H,9,12-13H2,1-2H3,(H,22,24)(H,23,25). The summed E-state index contributed by atoms with van der Waals surface area (Å²) < 4.78 is 13.5. The lowest BCUT2D eigenvalue weighted by atomic mass is 10.1. The number of hydrogen-bond acceptors (Lipinski definition) is 2. The van der Waals surface area contributed by atoms with Gasteiger partial charge in [-0.05, 0) is 35.7 Å². The van der Waals surface area contributed by atoms with Gasteiger partial charge in [0.15, 0.2) is 0 Å². The van der Waals surface area contributed by atoms with Gasteiger partial charge < -0.3 is 10.6 Å². The summed E-state index contributed by atoms with van der Waals surface area (Å²) >= 11 is 0. The maximum absolute atomic E-state index is 13.5. The van der Waals surface area contributed by atoms with Gasteiger partial charge in [0.2, 0.25) is 11.8 Å². The van der Waals surface area contributed by atoms with Crippen molar-refractivity contribution in [1.29, 1.82) is 0 Å². The van der Waals surface area contributed by atoms with E-state index in [0.717, 1.165) is 11.3 Å². The van der Waals surface area contributed by atoms with Gasteiger partial charge in [0.1, 0.15) is 5.82 Å². The number of anilines is 1. The predicted molar refractivity (Wildman–Crippen MR) is 96.5 cm³/mol. The van der Waals surface area contributed by atoms with E-state index in [0.29, 0.717) is 18.5 Å². The highest BCUT2D eigenvalue weighted by molar-refractivity contribution is 5.92. The summed E-state index contributed by atoms with van der Waals surface area (Å²) in [4.78, 5) is 23.5. The van der Waals surface area contributed by atoms with Crippen molar-refractivity contribution in [3.8, 4) is 0 Å². The molecule has 2 N–H and O–H groups in total. The molecule has 0 spiro atoms. The van der Waals surface area contributed by atoms with Crippen LogP contribution in [0.4, 0.5) is 10.1 Å². The fourth-order valence-corrected chi connectivity index (χ4v) is 2.23. The van der Waals surface area contributed by atoms with Crippen LogP contribution >= 0.6 is 0 Å². The Balaban J connectivity index is 1.78. The van der Waals surface area contributed by atoms with Crippen LogP contribution in [0.5, 0.6) is 0 Å². The van der Waals surface area contributed by atoms with E-state index in [2.05, 4.69) is 10.6 Å².